The zero-order valence-corrected chi connectivity index (χ0v) is 11.0. The molecule has 0 aliphatic heterocycles. The molecule has 0 bridgehead atoms. The van der Waals surface area contributed by atoms with E-state index in [4.69, 9.17) is 20.8 Å². The number of nitrogens with one attached hydrogen (secondary N) is 1. The van der Waals surface area contributed by atoms with Crippen LogP contribution in [0.2, 0.25) is 0 Å². The second-order valence-corrected chi connectivity index (χ2v) is 3.70. The van der Waals surface area contributed by atoms with Gasteiger partial charge in [-0.15, -0.1) is 0 Å². The van der Waals surface area contributed by atoms with Gasteiger partial charge in [0, 0.05) is 12.2 Å². The Morgan fingerprint density at radius 1 is 1.25 bits per heavy atom. The Bertz CT molecular complexity index is 418. The highest BCUT2D eigenvalue weighted by Crippen LogP contribution is 2.07. The van der Waals surface area contributed by atoms with E-state index in [0.29, 0.717) is 18.8 Å². The summed E-state index contributed by atoms with van der Waals surface area (Å²) in [6.07, 6.45) is 1.12. The third-order valence-corrected chi connectivity index (χ3v) is 1.90. The number of carboxylic acid groups (broad SMARTS) is 2. The van der Waals surface area contributed by atoms with Crippen LogP contribution >= 0.6 is 0 Å². The van der Waals surface area contributed by atoms with Gasteiger partial charge in [0.05, 0.1) is 6.04 Å². The number of hydrogen-bond acceptors (Lipinski definition) is 5. The molecule has 0 spiro atoms. The predicted octanol–water partition coefficient (Wildman–Crippen LogP) is 0.629. The SMILES string of the molecule is C[C@@H](COc1ccccc1)NN.O=C(O)/C=C\C(=O)O. The van der Waals surface area contributed by atoms with Crippen LogP contribution in [0.25, 0.3) is 0 Å². The van der Waals surface area contributed by atoms with Crippen LogP contribution in [-0.4, -0.2) is 34.8 Å². The Hall–Kier alpha value is -2.38. The molecule has 5 N–H and O–H groups in total. The average molecular weight is 282 g/mol. The zero-order valence-electron chi connectivity index (χ0n) is 11.0. The van der Waals surface area contributed by atoms with Gasteiger partial charge in [-0.25, -0.2) is 9.59 Å². The van der Waals surface area contributed by atoms with Crippen molar-refractivity contribution in [3.8, 4) is 5.75 Å². The summed E-state index contributed by atoms with van der Waals surface area (Å²) in [5, 5.41) is 15.6. The minimum absolute atomic E-state index is 0.171. The molecule has 0 aromatic heterocycles. The van der Waals surface area contributed by atoms with Crippen molar-refractivity contribution in [1.29, 1.82) is 0 Å². The van der Waals surface area contributed by atoms with E-state index in [1.54, 1.807) is 0 Å². The van der Waals surface area contributed by atoms with Crippen molar-refractivity contribution in [2.24, 2.45) is 5.84 Å². The quantitative estimate of drug-likeness (QED) is 0.343. The van der Waals surface area contributed by atoms with E-state index in [2.05, 4.69) is 5.43 Å². The number of benzene rings is 1. The number of nitrogens with two attached hydrogens (primary N) is 1. The summed E-state index contributed by atoms with van der Waals surface area (Å²) in [5.41, 5.74) is 2.61. The van der Waals surface area contributed by atoms with E-state index in [9.17, 15) is 9.59 Å². The molecule has 110 valence electrons. The minimum atomic E-state index is -1.26. The molecule has 7 heteroatoms. The lowest BCUT2D eigenvalue weighted by molar-refractivity contribution is -0.134. The topological polar surface area (TPSA) is 122 Å². The van der Waals surface area contributed by atoms with Crippen LogP contribution in [0.1, 0.15) is 6.92 Å². The van der Waals surface area contributed by atoms with Crippen LogP contribution in [0.3, 0.4) is 0 Å². The predicted molar refractivity (Wildman–Crippen MR) is 73.1 cm³/mol. The van der Waals surface area contributed by atoms with Gasteiger partial charge in [0.1, 0.15) is 12.4 Å². The van der Waals surface area contributed by atoms with Crippen molar-refractivity contribution in [3.63, 3.8) is 0 Å². The number of para-hydroxylation sites is 1. The zero-order chi connectivity index (χ0) is 15.4. The van der Waals surface area contributed by atoms with Crippen LogP contribution in [0.15, 0.2) is 42.5 Å². The van der Waals surface area contributed by atoms with Crippen molar-refractivity contribution in [2.75, 3.05) is 6.61 Å². The summed E-state index contributed by atoms with van der Waals surface area (Å²) in [6.45, 7) is 2.55. The van der Waals surface area contributed by atoms with E-state index < -0.39 is 11.9 Å². The molecule has 20 heavy (non-hydrogen) atoms. The Labute approximate surface area is 116 Å². The lowest BCUT2D eigenvalue weighted by Gasteiger charge is -2.11. The summed E-state index contributed by atoms with van der Waals surface area (Å²) in [5.74, 6) is 3.57. The van der Waals surface area contributed by atoms with Crippen LogP contribution < -0.4 is 16.0 Å². The lowest BCUT2D eigenvalue weighted by Crippen LogP contribution is -2.36. The summed E-state index contributed by atoms with van der Waals surface area (Å²) in [7, 11) is 0. The molecule has 1 aromatic rings. The first-order valence-corrected chi connectivity index (χ1v) is 5.73. The number of hydrazine groups is 1. The highest BCUT2D eigenvalue weighted by Gasteiger charge is 1.98. The fraction of sp³-hybridized carbons (Fsp3) is 0.231. The van der Waals surface area contributed by atoms with Crippen molar-refractivity contribution in [3.05, 3.63) is 42.5 Å². The molecule has 0 aliphatic rings. The van der Waals surface area contributed by atoms with Crippen LogP contribution in [0.4, 0.5) is 0 Å². The van der Waals surface area contributed by atoms with Gasteiger partial charge < -0.3 is 14.9 Å². The molecule has 0 heterocycles. The Balaban J connectivity index is 0.000000396. The third-order valence-electron chi connectivity index (χ3n) is 1.90. The summed E-state index contributed by atoms with van der Waals surface area (Å²) >= 11 is 0. The molecular weight excluding hydrogens is 264 g/mol. The molecule has 7 nitrogen and oxygen atoms in total. The Morgan fingerprint density at radius 2 is 1.75 bits per heavy atom. The normalized spacial score (nSPS) is 11.3. The number of ether oxygens (including phenoxy) is 1. The molecular formula is C13H18N2O5. The van der Waals surface area contributed by atoms with Crippen molar-refractivity contribution >= 4 is 11.9 Å². The molecule has 1 atom stereocenters. The van der Waals surface area contributed by atoms with E-state index in [1.807, 2.05) is 37.3 Å². The van der Waals surface area contributed by atoms with Crippen LogP contribution in [-0.2, 0) is 9.59 Å². The molecule has 0 saturated heterocycles. The largest absolute Gasteiger partial charge is 0.492 e. The smallest absolute Gasteiger partial charge is 0.328 e. The summed E-state index contributed by atoms with van der Waals surface area (Å²) in [4.78, 5) is 19.1. The molecule has 1 rings (SSSR count). The van der Waals surface area contributed by atoms with Crippen molar-refractivity contribution in [2.45, 2.75) is 13.0 Å². The standard InChI is InChI=1S/C9H14N2O.C4H4O4/c1-8(11-10)7-12-9-5-3-2-4-6-9;5-3(6)1-2-4(7)8/h2-6,8,11H,7,10H2,1H3;1-2H,(H,5,6)(H,7,8)/b;2-1-/t8-;/m0./s1. The molecule has 1 aromatic carbocycles. The first kappa shape index (κ1) is 17.6. The van der Waals surface area contributed by atoms with Crippen molar-refractivity contribution in [1.82, 2.24) is 5.43 Å². The molecule has 0 saturated carbocycles. The number of carbonyl (C=O) groups is 2. The number of rotatable bonds is 6. The van der Waals surface area contributed by atoms with Gasteiger partial charge in [-0.3, -0.25) is 11.3 Å². The number of aliphatic carboxylic acids is 2. The first-order chi connectivity index (χ1) is 9.45. The van der Waals surface area contributed by atoms with Gasteiger partial charge in [0.2, 0.25) is 0 Å². The van der Waals surface area contributed by atoms with E-state index in [0.717, 1.165) is 5.75 Å². The summed E-state index contributed by atoms with van der Waals surface area (Å²) < 4.78 is 5.42. The highest BCUT2D eigenvalue weighted by molar-refractivity contribution is 5.89. The fourth-order valence-corrected chi connectivity index (χ4v) is 0.929. The Morgan fingerprint density at radius 3 is 2.15 bits per heavy atom. The van der Waals surface area contributed by atoms with E-state index in [1.165, 1.54) is 0 Å². The molecule has 0 radical (unpaired) electrons. The molecule has 0 unspecified atom stereocenters. The second-order valence-electron chi connectivity index (χ2n) is 3.70. The van der Waals surface area contributed by atoms with Crippen LogP contribution in [0.5, 0.6) is 5.75 Å². The number of carboxylic acids is 2. The highest BCUT2D eigenvalue weighted by atomic mass is 16.5. The minimum Gasteiger partial charge on any atom is -0.492 e. The lowest BCUT2D eigenvalue weighted by atomic mass is 10.3. The van der Waals surface area contributed by atoms with Gasteiger partial charge in [-0.05, 0) is 19.1 Å². The Kier molecular flexibility index (Phi) is 9.28. The number of hydrogen-bond donors (Lipinski definition) is 4. The molecule has 0 fully saturated rings. The maximum atomic E-state index is 9.55. The van der Waals surface area contributed by atoms with Gasteiger partial charge in [0.25, 0.3) is 0 Å². The molecule has 0 amide bonds. The average Bonchev–Trinajstić information content (AvgIpc) is 2.44. The van der Waals surface area contributed by atoms with E-state index >= 15 is 0 Å². The monoisotopic (exact) mass is 282 g/mol. The van der Waals surface area contributed by atoms with Crippen molar-refractivity contribution < 1.29 is 24.5 Å². The van der Waals surface area contributed by atoms with Crippen LogP contribution in [0, 0.1) is 0 Å². The first-order valence-electron chi connectivity index (χ1n) is 5.73. The summed E-state index contributed by atoms with van der Waals surface area (Å²) in [6, 6.07) is 9.85. The van der Waals surface area contributed by atoms with E-state index in [-0.39, 0.29) is 6.04 Å². The maximum absolute atomic E-state index is 9.55. The molecule has 0 aliphatic carbocycles. The van der Waals surface area contributed by atoms with Gasteiger partial charge >= 0.3 is 11.9 Å². The van der Waals surface area contributed by atoms with Gasteiger partial charge in [-0.1, -0.05) is 18.2 Å². The fourth-order valence-electron chi connectivity index (χ4n) is 0.929. The van der Waals surface area contributed by atoms with Gasteiger partial charge in [-0.2, -0.15) is 0 Å². The second kappa shape index (κ2) is 10.5. The third kappa shape index (κ3) is 10.8. The maximum Gasteiger partial charge on any atom is 0.328 e. The van der Waals surface area contributed by atoms with Gasteiger partial charge in [0.15, 0.2) is 0 Å².